The average Bonchev–Trinajstić information content (AvgIpc) is 3.68. The summed E-state index contributed by atoms with van der Waals surface area (Å²) in [4.78, 5) is 43.1. The molecule has 1 fully saturated rings. The number of aryl methyl sites for hydroxylation is 4. The van der Waals surface area contributed by atoms with E-state index >= 15 is 0 Å². The number of nitrogens with one attached hydrogen (secondary N) is 2. The molecular formula is C32H45N3O4. The second kappa shape index (κ2) is 12.2. The number of carbonyl (C=O) groups excluding carboxylic acids is 3. The van der Waals surface area contributed by atoms with E-state index in [-0.39, 0.29) is 23.8 Å². The van der Waals surface area contributed by atoms with Gasteiger partial charge >= 0.3 is 6.09 Å². The fraction of sp³-hybridized carbons (Fsp3) is 0.531. The topological polar surface area (TPSA) is 87.7 Å². The molecule has 0 aromatic heterocycles. The molecule has 0 saturated heterocycles. The van der Waals surface area contributed by atoms with E-state index in [9.17, 15) is 14.4 Å². The smallest absolute Gasteiger partial charge is 0.408 e. The maximum absolute atomic E-state index is 14.4. The highest BCUT2D eigenvalue weighted by Gasteiger charge is 2.45. The highest BCUT2D eigenvalue weighted by Crippen LogP contribution is 2.38. The largest absolute Gasteiger partial charge is 0.444 e. The highest BCUT2D eigenvalue weighted by atomic mass is 16.6. The molecule has 3 rings (SSSR count). The number of hydrogen-bond acceptors (Lipinski definition) is 4. The van der Waals surface area contributed by atoms with Crippen molar-refractivity contribution >= 4 is 23.6 Å². The number of rotatable bonds is 9. The summed E-state index contributed by atoms with van der Waals surface area (Å²) in [6.07, 6.45) is 1.65. The Bertz CT molecular complexity index is 1190. The Morgan fingerprint density at radius 1 is 1.00 bits per heavy atom. The van der Waals surface area contributed by atoms with Gasteiger partial charge in [0.25, 0.3) is 5.91 Å². The van der Waals surface area contributed by atoms with Gasteiger partial charge in [-0.25, -0.2) is 4.79 Å². The summed E-state index contributed by atoms with van der Waals surface area (Å²) in [6, 6.07) is 10.1. The molecule has 0 aliphatic heterocycles. The van der Waals surface area contributed by atoms with Crippen LogP contribution in [0.5, 0.6) is 0 Å². The van der Waals surface area contributed by atoms with Gasteiger partial charge in [-0.15, -0.1) is 0 Å². The van der Waals surface area contributed by atoms with Gasteiger partial charge in [0.15, 0.2) is 0 Å². The molecule has 212 valence electrons. The maximum Gasteiger partial charge on any atom is 0.408 e. The number of carbonyl (C=O) groups is 3. The lowest BCUT2D eigenvalue weighted by Gasteiger charge is -2.37. The molecule has 0 spiro atoms. The van der Waals surface area contributed by atoms with Crippen LogP contribution in [0.15, 0.2) is 36.4 Å². The summed E-state index contributed by atoms with van der Waals surface area (Å²) in [7, 11) is 0. The predicted octanol–water partition coefficient (Wildman–Crippen LogP) is 6.53. The molecular weight excluding hydrogens is 490 g/mol. The minimum absolute atomic E-state index is 0.0851. The zero-order valence-electron chi connectivity index (χ0n) is 25.0. The molecule has 3 atom stereocenters. The van der Waals surface area contributed by atoms with Gasteiger partial charge in [0.2, 0.25) is 5.91 Å². The van der Waals surface area contributed by atoms with Gasteiger partial charge in [0.1, 0.15) is 17.7 Å². The second-order valence-electron chi connectivity index (χ2n) is 12.0. The van der Waals surface area contributed by atoms with Crippen LogP contribution in [0.1, 0.15) is 87.7 Å². The molecule has 0 heterocycles. The Kier molecular flexibility index (Phi) is 9.47. The first-order chi connectivity index (χ1) is 18.2. The Morgan fingerprint density at radius 2 is 1.62 bits per heavy atom. The number of hydrogen-bond donors (Lipinski definition) is 2. The van der Waals surface area contributed by atoms with E-state index in [1.165, 1.54) is 0 Å². The molecule has 2 aromatic rings. The SMILES string of the molecule is CCC(C)C(NC(=O)OC(C)(C)C)C(=O)N(C1CC1)C(C(=O)Nc1c(C)cccc1C)c1cc(C)ccc1C. The molecule has 7 nitrogen and oxygen atoms in total. The summed E-state index contributed by atoms with van der Waals surface area (Å²) >= 11 is 0. The Labute approximate surface area is 233 Å². The first-order valence-corrected chi connectivity index (χ1v) is 14.0. The van der Waals surface area contributed by atoms with Crippen LogP contribution in [-0.2, 0) is 14.3 Å². The lowest BCUT2D eigenvalue weighted by molar-refractivity contribution is -0.142. The first-order valence-electron chi connectivity index (χ1n) is 14.0. The number of ether oxygens (including phenoxy) is 1. The van der Waals surface area contributed by atoms with Crippen molar-refractivity contribution in [3.05, 3.63) is 64.2 Å². The van der Waals surface area contributed by atoms with Gasteiger partial charge in [-0.1, -0.05) is 62.2 Å². The van der Waals surface area contributed by atoms with Crippen LogP contribution in [0.2, 0.25) is 0 Å². The van der Waals surface area contributed by atoms with Gasteiger partial charge in [0, 0.05) is 11.7 Å². The number of para-hydroxylation sites is 1. The number of anilines is 1. The fourth-order valence-electron chi connectivity index (χ4n) is 4.82. The van der Waals surface area contributed by atoms with E-state index in [1.807, 2.05) is 77.9 Å². The van der Waals surface area contributed by atoms with E-state index in [0.717, 1.165) is 46.3 Å². The zero-order valence-corrected chi connectivity index (χ0v) is 25.0. The Balaban J connectivity index is 2.08. The standard InChI is InChI=1S/C32H45N3O4/c1-10-20(3)27(34-31(38)39-32(7,8)9)30(37)35(24-16-17-24)28(25-18-19(2)14-15-21(25)4)29(36)33-26-22(5)12-11-13-23(26)6/h11-15,18,20,24,27-28H,10,16-17H2,1-9H3,(H,33,36)(H,34,38). The van der Waals surface area contributed by atoms with Crippen LogP contribution in [0, 0.1) is 33.6 Å². The molecule has 3 unspecified atom stereocenters. The highest BCUT2D eigenvalue weighted by molar-refractivity contribution is 6.00. The van der Waals surface area contributed by atoms with E-state index in [4.69, 9.17) is 4.74 Å². The normalized spacial score (nSPS) is 15.6. The molecule has 0 radical (unpaired) electrons. The van der Waals surface area contributed by atoms with Crippen molar-refractivity contribution in [3.63, 3.8) is 0 Å². The van der Waals surface area contributed by atoms with Crippen LogP contribution in [-0.4, -0.2) is 40.5 Å². The van der Waals surface area contributed by atoms with Crippen molar-refractivity contribution in [1.82, 2.24) is 10.2 Å². The van der Waals surface area contributed by atoms with Crippen molar-refractivity contribution in [3.8, 4) is 0 Å². The van der Waals surface area contributed by atoms with Crippen LogP contribution in [0.3, 0.4) is 0 Å². The van der Waals surface area contributed by atoms with Crippen molar-refractivity contribution in [2.45, 2.75) is 105 Å². The van der Waals surface area contributed by atoms with E-state index in [0.29, 0.717) is 6.42 Å². The third-order valence-corrected chi connectivity index (χ3v) is 7.33. The van der Waals surface area contributed by atoms with Crippen LogP contribution in [0.4, 0.5) is 10.5 Å². The quantitative estimate of drug-likeness (QED) is 0.382. The molecule has 3 amide bonds. The third-order valence-electron chi connectivity index (χ3n) is 7.33. The summed E-state index contributed by atoms with van der Waals surface area (Å²) < 4.78 is 5.50. The van der Waals surface area contributed by atoms with Gasteiger partial charge in [-0.05, 0) is 89.5 Å². The molecule has 39 heavy (non-hydrogen) atoms. The average molecular weight is 536 g/mol. The lowest BCUT2D eigenvalue weighted by atomic mass is 9.93. The van der Waals surface area contributed by atoms with E-state index in [2.05, 4.69) is 10.6 Å². The summed E-state index contributed by atoms with van der Waals surface area (Å²) in [5.74, 6) is -0.686. The fourth-order valence-corrected chi connectivity index (χ4v) is 4.82. The molecule has 2 N–H and O–H groups in total. The van der Waals surface area contributed by atoms with Crippen LogP contribution >= 0.6 is 0 Å². The lowest BCUT2D eigenvalue weighted by Crippen LogP contribution is -2.55. The number of alkyl carbamates (subject to hydrolysis) is 1. The van der Waals surface area contributed by atoms with Crippen LogP contribution < -0.4 is 10.6 Å². The maximum atomic E-state index is 14.4. The molecule has 1 aliphatic carbocycles. The zero-order chi connectivity index (χ0) is 29.1. The van der Waals surface area contributed by atoms with Gasteiger partial charge in [-0.2, -0.15) is 0 Å². The monoisotopic (exact) mass is 535 g/mol. The predicted molar refractivity (Wildman–Crippen MR) is 156 cm³/mol. The van der Waals surface area contributed by atoms with Gasteiger partial charge < -0.3 is 20.3 Å². The number of amides is 3. The number of benzene rings is 2. The summed E-state index contributed by atoms with van der Waals surface area (Å²) in [6.45, 7) is 17.2. The Morgan fingerprint density at radius 3 is 2.15 bits per heavy atom. The minimum atomic E-state index is -0.851. The second-order valence-corrected chi connectivity index (χ2v) is 12.0. The van der Waals surface area contributed by atoms with Gasteiger partial charge in [0.05, 0.1) is 0 Å². The van der Waals surface area contributed by atoms with Crippen molar-refractivity contribution in [1.29, 1.82) is 0 Å². The molecule has 7 heteroatoms. The molecule has 0 bridgehead atoms. The first kappa shape index (κ1) is 30.2. The molecule has 2 aromatic carbocycles. The summed E-state index contributed by atoms with van der Waals surface area (Å²) in [5, 5.41) is 5.99. The summed E-state index contributed by atoms with van der Waals surface area (Å²) in [5.41, 5.74) is 4.70. The van der Waals surface area contributed by atoms with Crippen molar-refractivity contribution in [2.24, 2.45) is 5.92 Å². The van der Waals surface area contributed by atoms with Crippen molar-refractivity contribution in [2.75, 3.05) is 5.32 Å². The van der Waals surface area contributed by atoms with Crippen LogP contribution in [0.25, 0.3) is 0 Å². The Hall–Kier alpha value is -3.35. The molecule has 1 aliphatic rings. The third kappa shape index (κ3) is 7.61. The van der Waals surface area contributed by atoms with E-state index in [1.54, 1.807) is 25.7 Å². The van der Waals surface area contributed by atoms with E-state index < -0.39 is 23.8 Å². The molecule has 1 saturated carbocycles. The van der Waals surface area contributed by atoms with Gasteiger partial charge in [-0.3, -0.25) is 9.59 Å². The minimum Gasteiger partial charge on any atom is -0.444 e. The number of nitrogens with zero attached hydrogens (tertiary/aromatic N) is 1. The van der Waals surface area contributed by atoms with Crippen molar-refractivity contribution < 1.29 is 19.1 Å².